The number of benzene rings is 1. The molecule has 1 aromatic carbocycles. The van der Waals surface area contributed by atoms with Crippen LogP contribution in [0.25, 0.3) is 0 Å². The molecule has 0 unspecified atom stereocenters. The zero-order chi connectivity index (χ0) is 19.5. The highest BCUT2D eigenvalue weighted by Gasteiger charge is 2.34. The molecule has 152 valence electrons. The van der Waals surface area contributed by atoms with E-state index in [1.807, 2.05) is 12.1 Å². The topological polar surface area (TPSA) is 54.9 Å². The van der Waals surface area contributed by atoms with Gasteiger partial charge in [0.2, 0.25) is 0 Å². The number of nitrogens with one attached hydrogen (secondary N) is 2. The number of rotatable bonds is 9. The van der Waals surface area contributed by atoms with Crippen LogP contribution in [0.3, 0.4) is 0 Å². The van der Waals surface area contributed by atoms with E-state index in [0.717, 1.165) is 57.2 Å². The van der Waals surface area contributed by atoms with E-state index in [1.54, 1.807) is 7.05 Å². The molecule has 1 saturated heterocycles. The van der Waals surface area contributed by atoms with Crippen molar-refractivity contribution < 1.29 is 13.9 Å². The van der Waals surface area contributed by atoms with Crippen LogP contribution in [0.15, 0.2) is 29.3 Å². The van der Waals surface area contributed by atoms with Gasteiger partial charge >= 0.3 is 0 Å². The monoisotopic (exact) mass is 379 g/mol. The van der Waals surface area contributed by atoms with E-state index in [-0.39, 0.29) is 11.2 Å². The molecular weight excluding hydrogens is 345 g/mol. The molecule has 0 amide bonds. The fourth-order valence-corrected chi connectivity index (χ4v) is 3.27. The summed E-state index contributed by atoms with van der Waals surface area (Å²) < 4.78 is 24.5. The Morgan fingerprint density at radius 1 is 1.19 bits per heavy atom. The first-order valence-corrected chi connectivity index (χ1v) is 9.92. The molecule has 0 radical (unpaired) electrons. The summed E-state index contributed by atoms with van der Waals surface area (Å²) in [6.07, 6.45) is 2.89. The minimum absolute atomic E-state index is 0.0721. The second-order valence-electron chi connectivity index (χ2n) is 7.55. The second-order valence-corrected chi connectivity index (χ2v) is 7.55. The zero-order valence-corrected chi connectivity index (χ0v) is 16.9. The van der Waals surface area contributed by atoms with Crippen LogP contribution in [0.1, 0.15) is 38.7 Å². The van der Waals surface area contributed by atoms with Gasteiger partial charge in [-0.15, -0.1) is 0 Å². The number of guanidine groups is 1. The summed E-state index contributed by atoms with van der Waals surface area (Å²) in [6, 6.07) is 6.85. The summed E-state index contributed by atoms with van der Waals surface area (Å²) in [7, 11) is 1.77. The predicted octanol–water partition coefficient (Wildman–Crippen LogP) is 3.10. The average Bonchev–Trinajstić information content (AvgIpc) is 2.68. The van der Waals surface area contributed by atoms with E-state index in [1.165, 1.54) is 12.1 Å². The van der Waals surface area contributed by atoms with Crippen molar-refractivity contribution in [1.82, 2.24) is 10.6 Å². The quantitative estimate of drug-likeness (QED) is 0.393. The van der Waals surface area contributed by atoms with Crippen molar-refractivity contribution in [3.05, 3.63) is 35.6 Å². The molecule has 1 aliphatic rings. The van der Waals surface area contributed by atoms with Gasteiger partial charge in [0.15, 0.2) is 5.96 Å². The first-order valence-electron chi connectivity index (χ1n) is 9.92. The Labute approximate surface area is 162 Å². The maximum absolute atomic E-state index is 13.3. The van der Waals surface area contributed by atoms with E-state index >= 15 is 0 Å². The van der Waals surface area contributed by atoms with E-state index < -0.39 is 0 Å². The molecule has 0 bridgehead atoms. The number of halogens is 1. The minimum atomic E-state index is -0.205. The Hall–Kier alpha value is -1.66. The van der Waals surface area contributed by atoms with Crippen molar-refractivity contribution in [1.29, 1.82) is 0 Å². The number of nitrogens with zero attached hydrogens (tertiary/aromatic N) is 1. The Morgan fingerprint density at radius 2 is 1.89 bits per heavy atom. The Bertz CT molecular complexity index is 569. The van der Waals surface area contributed by atoms with Crippen LogP contribution in [0, 0.1) is 11.7 Å². The zero-order valence-electron chi connectivity index (χ0n) is 16.9. The van der Waals surface area contributed by atoms with Gasteiger partial charge in [0, 0.05) is 45.4 Å². The molecule has 1 heterocycles. The summed E-state index contributed by atoms with van der Waals surface area (Å²) in [6.45, 7) is 8.72. The van der Waals surface area contributed by atoms with Crippen LogP contribution in [0.4, 0.5) is 4.39 Å². The smallest absolute Gasteiger partial charge is 0.191 e. The number of ether oxygens (including phenoxy) is 2. The molecule has 0 spiro atoms. The molecule has 1 aliphatic heterocycles. The molecule has 0 aromatic heterocycles. The third-order valence-electron chi connectivity index (χ3n) is 5.10. The van der Waals surface area contributed by atoms with Crippen LogP contribution in [0.2, 0.25) is 0 Å². The summed E-state index contributed by atoms with van der Waals surface area (Å²) in [5.41, 5.74) is 1.07. The van der Waals surface area contributed by atoms with Crippen LogP contribution in [-0.2, 0) is 14.9 Å². The van der Waals surface area contributed by atoms with Crippen molar-refractivity contribution in [2.45, 2.75) is 38.5 Å². The van der Waals surface area contributed by atoms with Gasteiger partial charge in [0.25, 0.3) is 0 Å². The van der Waals surface area contributed by atoms with Crippen molar-refractivity contribution in [2.24, 2.45) is 10.9 Å². The van der Waals surface area contributed by atoms with Crippen molar-refractivity contribution >= 4 is 5.96 Å². The van der Waals surface area contributed by atoms with Crippen LogP contribution < -0.4 is 10.6 Å². The van der Waals surface area contributed by atoms with E-state index in [2.05, 4.69) is 29.5 Å². The molecule has 27 heavy (non-hydrogen) atoms. The minimum Gasteiger partial charge on any atom is -0.381 e. The third kappa shape index (κ3) is 7.11. The highest BCUT2D eigenvalue weighted by molar-refractivity contribution is 5.79. The first-order chi connectivity index (χ1) is 13.1. The summed E-state index contributed by atoms with van der Waals surface area (Å²) in [5.74, 6) is 1.22. The van der Waals surface area contributed by atoms with Gasteiger partial charge in [-0.05, 0) is 42.9 Å². The average molecular weight is 380 g/mol. The number of hydrogen-bond donors (Lipinski definition) is 2. The molecule has 2 N–H and O–H groups in total. The molecular formula is C21H34FN3O2. The number of hydrogen-bond acceptors (Lipinski definition) is 3. The molecule has 1 aromatic rings. The lowest BCUT2D eigenvalue weighted by molar-refractivity contribution is 0.0513. The van der Waals surface area contributed by atoms with Gasteiger partial charge in [-0.1, -0.05) is 26.0 Å². The summed E-state index contributed by atoms with van der Waals surface area (Å²) >= 11 is 0. The van der Waals surface area contributed by atoms with E-state index in [9.17, 15) is 4.39 Å². The van der Waals surface area contributed by atoms with Crippen LogP contribution in [0.5, 0.6) is 0 Å². The first kappa shape index (κ1) is 21.6. The molecule has 0 saturated carbocycles. The summed E-state index contributed by atoms with van der Waals surface area (Å²) in [5, 5.41) is 6.73. The van der Waals surface area contributed by atoms with Crippen molar-refractivity contribution in [3.8, 4) is 0 Å². The fourth-order valence-electron chi connectivity index (χ4n) is 3.27. The maximum Gasteiger partial charge on any atom is 0.191 e. The summed E-state index contributed by atoms with van der Waals surface area (Å²) in [4.78, 5) is 4.30. The molecule has 5 nitrogen and oxygen atoms in total. The SMILES string of the molecule is CN=C(NCCOCCC(C)C)NCC1(c2ccc(F)cc2)CCOCC1. The third-order valence-corrected chi connectivity index (χ3v) is 5.10. The van der Waals surface area contributed by atoms with Gasteiger partial charge in [0.05, 0.1) is 6.61 Å². The van der Waals surface area contributed by atoms with Gasteiger partial charge in [-0.2, -0.15) is 0 Å². The van der Waals surface area contributed by atoms with Gasteiger partial charge in [-0.3, -0.25) is 4.99 Å². The van der Waals surface area contributed by atoms with E-state index in [4.69, 9.17) is 9.47 Å². The van der Waals surface area contributed by atoms with Gasteiger partial charge in [0.1, 0.15) is 5.82 Å². The molecule has 0 atom stereocenters. The molecule has 1 fully saturated rings. The maximum atomic E-state index is 13.3. The largest absolute Gasteiger partial charge is 0.381 e. The Kier molecular flexibility index (Phi) is 9.01. The highest BCUT2D eigenvalue weighted by Crippen LogP contribution is 2.34. The van der Waals surface area contributed by atoms with E-state index in [0.29, 0.717) is 19.1 Å². The molecule has 6 heteroatoms. The van der Waals surface area contributed by atoms with Gasteiger partial charge < -0.3 is 20.1 Å². The standard InChI is InChI=1S/C21H34FN3O2/c1-17(2)8-12-26-15-11-24-20(23-3)25-16-21(9-13-27-14-10-21)18-4-6-19(22)7-5-18/h4-7,17H,8-16H2,1-3H3,(H2,23,24,25). The van der Waals surface area contributed by atoms with Crippen molar-refractivity contribution in [3.63, 3.8) is 0 Å². The Morgan fingerprint density at radius 3 is 2.52 bits per heavy atom. The Balaban J connectivity index is 1.85. The lowest BCUT2D eigenvalue weighted by atomic mass is 9.74. The van der Waals surface area contributed by atoms with Crippen molar-refractivity contribution in [2.75, 3.05) is 46.6 Å². The predicted molar refractivity (Wildman–Crippen MR) is 108 cm³/mol. The normalized spacial score (nSPS) is 17.1. The molecule has 2 rings (SSSR count). The second kappa shape index (κ2) is 11.2. The lowest BCUT2D eigenvalue weighted by Crippen LogP contribution is -2.48. The molecule has 0 aliphatic carbocycles. The van der Waals surface area contributed by atoms with Gasteiger partial charge in [-0.25, -0.2) is 4.39 Å². The van der Waals surface area contributed by atoms with Crippen LogP contribution in [-0.4, -0.2) is 52.5 Å². The highest BCUT2D eigenvalue weighted by atomic mass is 19.1. The number of aliphatic imine (C=N–C) groups is 1. The lowest BCUT2D eigenvalue weighted by Gasteiger charge is -2.38. The fraction of sp³-hybridized carbons (Fsp3) is 0.667. The van der Waals surface area contributed by atoms with Crippen LogP contribution >= 0.6 is 0 Å².